The van der Waals surface area contributed by atoms with Gasteiger partial charge in [0.25, 0.3) is 0 Å². The minimum absolute atomic E-state index is 0.104. The van der Waals surface area contributed by atoms with Crippen LogP contribution in [0.25, 0.3) is 5.69 Å². The second kappa shape index (κ2) is 8.58. The minimum Gasteiger partial charge on any atom is -0.433 e. The summed E-state index contributed by atoms with van der Waals surface area (Å²) in [4.78, 5) is 12.5. The van der Waals surface area contributed by atoms with Crippen LogP contribution in [-0.4, -0.2) is 38.0 Å². The zero-order valence-electron chi connectivity index (χ0n) is 14.1. The van der Waals surface area contributed by atoms with Crippen LogP contribution in [0, 0.1) is 0 Å². The van der Waals surface area contributed by atoms with E-state index in [0.29, 0.717) is 5.16 Å². The molecule has 0 unspecified atom stereocenters. The van der Waals surface area contributed by atoms with Gasteiger partial charge in [-0.3, -0.25) is 4.79 Å². The summed E-state index contributed by atoms with van der Waals surface area (Å²) >= 11 is 1.14. The molecular weight excluding hydrogens is 376 g/mol. The third kappa shape index (κ3) is 4.79. The van der Waals surface area contributed by atoms with Gasteiger partial charge in [-0.2, -0.15) is 13.5 Å². The van der Waals surface area contributed by atoms with Crippen molar-refractivity contribution in [2.24, 2.45) is 0 Å². The van der Waals surface area contributed by atoms with E-state index in [4.69, 9.17) is 0 Å². The monoisotopic (exact) mass is 391 g/mol. The molecule has 2 aromatic carbocycles. The highest BCUT2D eigenvalue weighted by Gasteiger charge is 2.21. The Labute approximate surface area is 157 Å². The Bertz CT molecular complexity index is 907. The SMILES string of the molecule is C[C@@H](Sc1nnnn1-c1ccccc1)C(=O)Nc1ccccc1OC(F)F. The molecule has 0 saturated carbocycles. The van der Waals surface area contributed by atoms with Crippen molar-refractivity contribution in [1.82, 2.24) is 20.2 Å². The van der Waals surface area contributed by atoms with Gasteiger partial charge in [-0.25, -0.2) is 0 Å². The highest BCUT2D eigenvalue weighted by Crippen LogP contribution is 2.28. The number of benzene rings is 2. The fraction of sp³-hybridized carbons (Fsp3) is 0.176. The maximum atomic E-state index is 12.5. The first-order valence-corrected chi connectivity index (χ1v) is 8.77. The van der Waals surface area contributed by atoms with E-state index in [2.05, 4.69) is 25.6 Å². The Kier molecular flexibility index (Phi) is 5.97. The van der Waals surface area contributed by atoms with Crippen LogP contribution in [0.1, 0.15) is 6.92 Å². The summed E-state index contributed by atoms with van der Waals surface area (Å²) in [5.41, 5.74) is 0.922. The summed E-state index contributed by atoms with van der Waals surface area (Å²) in [6.07, 6.45) is 0. The van der Waals surface area contributed by atoms with Crippen LogP contribution in [0.5, 0.6) is 5.75 Å². The first-order valence-electron chi connectivity index (χ1n) is 7.90. The predicted molar refractivity (Wildman–Crippen MR) is 96.2 cm³/mol. The number of alkyl halides is 2. The maximum Gasteiger partial charge on any atom is 0.387 e. The number of rotatable bonds is 7. The average Bonchev–Trinajstić information content (AvgIpc) is 3.11. The molecule has 1 atom stereocenters. The van der Waals surface area contributed by atoms with Crippen LogP contribution in [-0.2, 0) is 4.79 Å². The van der Waals surface area contributed by atoms with E-state index in [1.54, 1.807) is 19.1 Å². The Morgan fingerprint density at radius 2 is 1.85 bits per heavy atom. The quantitative estimate of drug-likeness (QED) is 0.622. The Balaban J connectivity index is 1.70. The first kappa shape index (κ1) is 18.8. The molecule has 0 spiro atoms. The molecule has 1 amide bonds. The normalized spacial score (nSPS) is 12.0. The maximum absolute atomic E-state index is 12.5. The first-order chi connectivity index (χ1) is 13.0. The van der Waals surface area contributed by atoms with Crippen molar-refractivity contribution in [2.45, 2.75) is 23.9 Å². The number of hydrogen-bond acceptors (Lipinski definition) is 6. The molecule has 1 N–H and O–H groups in total. The van der Waals surface area contributed by atoms with Gasteiger partial charge in [0.2, 0.25) is 11.1 Å². The second-order valence-electron chi connectivity index (χ2n) is 5.33. The smallest absolute Gasteiger partial charge is 0.387 e. The van der Waals surface area contributed by atoms with E-state index in [1.165, 1.54) is 16.8 Å². The van der Waals surface area contributed by atoms with Gasteiger partial charge < -0.3 is 10.1 Å². The van der Waals surface area contributed by atoms with E-state index in [0.717, 1.165) is 17.4 Å². The fourth-order valence-electron chi connectivity index (χ4n) is 2.20. The highest BCUT2D eigenvalue weighted by atomic mass is 32.2. The molecular formula is C17H15F2N5O2S. The number of nitrogens with one attached hydrogen (secondary N) is 1. The molecule has 27 heavy (non-hydrogen) atoms. The van der Waals surface area contributed by atoms with Crippen molar-refractivity contribution in [3.63, 3.8) is 0 Å². The number of carbonyl (C=O) groups excluding carboxylic acids is 1. The summed E-state index contributed by atoms with van der Waals surface area (Å²) in [5, 5.41) is 14.0. The molecule has 7 nitrogen and oxygen atoms in total. The van der Waals surface area contributed by atoms with Gasteiger partial charge in [-0.1, -0.05) is 42.1 Å². The topological polar surface area (TPSA) is 81.9 Å². The standard InChI is InChI=1S/C17H15F2N5O2S/c1-11(15(25)20-13-9-5-6-10-14(13)26-16(18)19)27-17-21-22-23-24(17)12-7-3-2-4-8-12/h2-11,16H,1H3,(H,20,25)/t11-/m1/s1. The van der Waals surface area contributed by atoms with Gasteiger partial charge >= 0.3 is 6.61 Å². The lowest BCUT2D eigenvalue weighted by Gasteiger charge is -2.14. The molecule has 1 aromatic heterocycles. The Hall–Kier alpha value is -3.01. The number of tetrazole rings is 1. The number of anilines is 1. The lowest BCUT2D eigenvalue weighted by molar-refractivity contribution is -0.115. The number of hydrogen-bond donors (Lipinski definition) is 1. The van der Waals surface area contributed by atoms with Crippen LogP contribution in [0.15, 0.2) is 59.8 Å². The molecule has 3 rings (SSSR count). The van der Waals surface area contributed by atoms with Crippen molar-refractivity contribution in [3.8, 4) is 11.4 Å². The zero-order valence-corrected chi connectivity index (χ0v) is 14.9. The van der Waals surface area contributed by atoms with Crippen molar-refractivity contribution >= 4 is 23.4 Å². The van der Waals surface area contributed by atoms with Crippen LogP contribution < -0.4 is 10.1 Å². The molecule has 0 aliphatic rings. The molecule has 0 aliphatic heterocycles. The van der Waals surface area contributed by atoms with Crippen LogP contribution in [0.3, 0.4) is 0 Å². The molecule has 0 bridgehead atoms. The van der Waals surface area contributed by atoms with Crippen molar-refractivity contribution in [1.29, 1.82) is 0 Å². The average molecular weight is 391 g/mol. The molecule has 0 fully saturated rings. The number of para-hydroxylation sites is 3. The molecule has 1 heterocycles. The zero-order chi connectivity index (χ0) is 19.2. The number of ether oxygens (including phenoxy) is 1. The number of halogens is 2. The van der Waals surface area contributed by atoms with Gasteiger partial charge in [0.05, 0.1) is 16.6 Å². The van der Waals surface area contributed by atoms with Gasteiger partial charge in [0.15, 0.2) is 0 Å². The molecule has 10 heteroatoms. The van der Waals surface area contributed by atoms with E-state index < -0.39 is 17.8 Å². The summed E-state index contributed by atoms with van der Waals surface area (Å²) in [5.74, 6) is -0.500. The highest BCUT2D eigenvalue weighted by molar-refractivity contribution is 8.00. The Morgan fingerprint density at radius 1 is 1.15 bits per heavy atom. The number of thioether (sulfide) groups is 1. The summed E-state index contributed by atoms with van der Waals surface area (Å²) in [6, 6.07) is 15.2. The van der Waals surface area contributed by atoms with Crippen molar-refractivity contribution in [2.75, 3.05) is 5.32 Å². The van der Waals surface area contributed by atoms with Crippen LogP contribution >= 0.6 is 11.8 Å². The minimum atomic E-state index is -2.98. The number of nitrogens with zero attached hydrogens (tertiary/aromatic N) is 4. The summed E-state index contributed by atoms with van der Waals surface area (Å²) < 4.78 is 30.9. The number of carbonyl (C=O) groups is 1. The van der Waals surface area contributed by atoms with Gasteiger partial charge in [0.1, 0.15) is 5.75 Å². The van der Waals surface area contributed by atoms with Crippen molar-refractivity contribution < 1.29 is 18.3 Å². The fourth-order valence-corrected chi connectivity index (χ4v) is 3.01. The molecule has 0 aliphatic carbocycles. The van der Waals surface area contributed by atoms with E-state index in [1.807, 2.05) is 30.3 Å². The lowest BCUT2D eigenvalue weighted by Crippen LogP contribution is -2.23. The summed E-state index contributed by atoms with van der Waals surface area (Å²) in [6.45, 7) is -1.31. The second-order valence-corrected chi connectivity index (χ2v) is 6.64. The molecule has 0 radical (unpaired) electrons. The Morgan fingerprint density at radius 3 is 2.59 bits per heavy atom. The predicted octanol–water partition coefficient (Wildman–Crippen LogP) is 3.38. The largest absolute Gasteiger partial charge is 0.433 e. The third-order valence-electron chi connectivity index (χ3n) is 3.45. The van der Waals surface area contributed by atoms with E-state index in [-0.39, 0.29) is 11.4 Å². The third-order valence-corrected chi connectivity index (χ3v) is 4.49. The molecule has 0 saturated heterocycles. The summed E-state index contributed by atoms with van der Waals surface area (Å²) in [7, 11) is 0. The van der Waals surface area contributed by atoms with E-state index in [9.17, 15) is 13.6 Å². The van der Waals surface area contributed by atoms with Crippen LogP contribution in [0.4, 0.5) is 14.5 Å². The molecule has 140 valence electrons. The van der Waals surface area contributed by atoms with Gasteiger partial charge in [-0.05, 0) is 41.6 Å². The van der Waals surface area contributed by atoms with Crippen molar-refractivity contribution in [3.05, 3.63) is 54.6 Å². The van der Waals surface area contributed by atoms with Gasteiger partial charge in [0, 0.05) is 0 Å². The van der Waals surface area contributed by atoms with Gasteiger partial charge in [-0.15, -0.1) is 5.10 Å². The van der Waals surface area contributed by atoms with E-state index >= 15 is 0 Å². The number of amides is 1. The molecule has 3 aromatic rings. The lowest BCUT2D eigenvalue weighted by atomic mass is 10.3. The van der Waals surface area contributed by atoms with Crippen LogP contribution in [0.2, 0.25) is 0 Å². The number of aromatic nitrogens is 4.